The number of nitrogens with zero attached hydrogens (tertiary/aromatic N) is 2. The molecule has 1 saturated heterocycles. The first kappa shape index (κ1) is 15.2. The monoisotopic (exact) mass is 409 g/mol. The van der Waals surface area contributed by atoms with Gasteiger partial charge in [0.1, 0.15) is 5.82 Å². The summed E-state index contributed by atoms with van der Waals surface area (Å²) in [4.78, 5) is 18.7. The lowest BCUT2D eigenvalue weighted by Crippen LogP contribution is -2.36. The Morgan fingerprint density at radius 1 is 1.14 bits per heavy atom. The predicted molar refractivity (Wildman–Crippen MR) is 94.4 cm³/mol. The number of benzene rings is 1. The molecule has 114 valence electrons. The standard InChI is InChI=1S/C16H16IN3O2/c17-13-2-4-14(5-3-13)19-16(21)12-1-6-15(18-11-12)20-7-9-22-10-8-20/h1-6,11H,7-10H2,(H,19,21). The summed E-state index contributed by atoms with van der Waals surface area (Å²) in [6.07, 6.45) is 1.62. The molecule has 2 aromatic rings. The van der Waals surface area contributed by atoms with Crippen molar-refractivity contribution in [3.8, 4) is 0 Å². The van der Waals surface area contributed by atoms with Crippen LogP contribution in [0.3, 0.4) is 0 Å². The zero-order valence-corrected chi connectivity index (χ0v) is 14.1. The number of ether oxygens (including phenoxy) is 1. The van der Waals surface area contributed by atoms with Crippen LogP contribution in [0.2, 0.25) is 0 Å². The number of carbonyl (C=O) groups is 1. The summed E-state index contributed by atoms with van der Waals surface area (Å²) in [5, 5.41) is 2.87. The minimum Gasteiger partial charge on any atom is -0.378 e. The van der Waals surface area contributed by atoms with E-state index in [1.54, 1.807) is 12.3 Å². The fourth-order valence-corrected chi connectivity index (χ4v) is 2.60. The van der Waals surface area contributed by atoms with Gasteiger partial charge in [0.05, 0.1) is 18.8 Å². The summed E-state index contributed by atoms with van der Waals surface area (Å²) in [6.45, 7) is 3.11. The van der Waals surface area contributed by atoms with Crippen molar-refractivity contribution in [2.45, 2.75) is 0 Å². The molecule has 1 aliphatic heterocycles. The van der Waals surface area contributed by atoms with Crippen molar-refractivity contribution in [1.29, 1.82) is 0 Å². The molecule has 0 atom stereocenters. The van der Waals surface area contributed by atoms with Gasteiger partial charge in [-0.2, -0.15) is 0 Å². The molecule has 1 amide bonds. The summed E-state index contributed by atoms with van der Waals surface area (Å²) in [5.74, 6) is 0.733. The minimum absolute atomic E-state index is 0.151. The molecule has 1 aromatic carbocycles. The molecule has 2 heterocycles. The number of pyridine rings is 1. The summed E-state index contributed by atoms with van der Waals surface area (Å²) >= 11 is 2.23. The summed E-state index contributed by atoms with van der Waals surface area (Å²) < 4.78 is 6.46. The number of carbonyl (C=O) groups excluding carboxylic acids is 1. The zero-order valence-electron chi connectivity index (χ0n) is 12.0. The summed E-state index contributed by atoms with van der Waals surface area (Å²) in [5.41, 5.74) is 1.33. The van der Waals surface area contributed by atoms with Crippen LogP contribution in [0, 0.1) is 3.57 Å². The van der Waals surface area contributed by atoms with E-state index >= 15 is 0 Å². The van der Waals surface area contributed by atoms with Gasteiger partial charge < -0.3 is 15.0 Å². The molecular weight excluding hydrogens is 393 g/mol. The number of anilines is 2. The van der Waals surface area contributed by atoms with E-state index in [0.29, 0.717) is 5.56 Å². The average Bonchev–Trinajstić information content (AvgIpc) is 2.58. The Labute approximate surface area is 142 Å². The lowest BCUT2D eigenvalue weighted by atomic mass is 10.2. The smallest absolute Gasteiger partial charge is 0.257 e. The molecule has 22 heavy (non-hydrogen) atoms. The molecule has 1 aromatic heterocycles. The van der Waals surface area contributed by atoms with Crippen molar-refractivity contribution < 1.29 is 9.53 Å². The van der Waals surface area contributed by atoms with Crippen molar-refractivity contribution in [2.75, 3.05) is 36.5 Å². The van der Waals surface area contributed by atoms with Gasteiger partial charge in [-0.05, 0) is 59.0 Å². The molecule has 5 nitrogen and oxygen atoms in total. The molecule has 0 radical (unpaired) electrons. The summed E-state index contributed by atoms with van der Waals surface area (Å²) in [7, 11) is 0. The third-order valence-electron chi connectivity index (χ3n) is 3.45. The van der Waals surface area contributed by atoms with Crippen LogP contribution in [0.4, 0.5) is 11.5 Å². The Kier molecular flexibility index (Phi) is 4.89. The maximum Gasteiger partial charge on any atom is 0.257 e. The highest BCUT2D eigenvalue weighted by atomic mass is 127. The molecule has 3 rings (SSSR count). The van der Waals surface area contributed by atoms with Gasteiger partial charge in [-0.1, -0.05) is 0 Å². The summed E-state index contributed by atoms with van der Waals surface area (Å²) in [6, 6.07) is 11.4. The van der Waals surface area contributed by atoms with E-state index in [1.165, 1.54) is 0 Å². The Morgan fingerprint density at radius 2 is 1.86 bits per heavy atom. The molecule has 0 bridgehead atoms. The quantitative estimate of drug-likeness (QED) is 0.793. The normalized spacial score (nSPS) is 14.7. The number of rotatable bonds is 3. The van der Waals surface area contributed by atoms with E-state index in [0.717, 1.165) is 41.4 Å². The van der Waals surface area contributed by atoms with E-state index in [1.807, 2.05) is 30.3 Å². The van der Waals surface area contributed by atoms with Crippen molar-refractivity contribution in [1.82, 2.24) is 4.98 Å². The average molecular weight is 409 g/mol. The lowest BCUT2D eigenvalue weighted by molar-refractivity contribution is 0.102. The number of hydrogen-bond donors (Lipinski definition) is 1. The molecule has 1 aliphatic rings. The zero-order chi connectivity index (χ0) is 15.4. The third-order valence-corrected chi connectivity index (χ3v) is 4.17. The molecule has 0 saturated carbocycles. The van der Waals surface area contributed by atoms with Crippen LogP contribution >= 0.6 is 22.6 Å². The van der Waals surface area contributed by atoms with Gasteiger partial charge in [0.15, 0.2) is 0 Å². The van der Waals surface area contributed by atoms with Crippen LogP contribution in [-0.4, -0.2) is 37.2 Å². The van der Waals surface area contributed by atoms with Crippen LogP contribution in [0.25, 0.3) is 0 Å². The van der Waals surface area contributed by atoms with E-state index in [-0.39, 0.29) is 5.91 Å². The van der Waals surface area contributed by atoms with Gasteiger partial charge in [-0.15, -0.1) is 0 Å². The molecule has 1 N–H and O–H groups in total. The number of amides is 1. The highest BCUT2D eigenvalue weighted by Crippen LogP contribution is 2.15. The first-order valence-electron chi connectivity index (χ1n) is 7.08. The highest BCUT2D eigenvalue weighted by Gasteiger charge is 2.13. The molecular formula is C16H16IN3O2. The van der Waals surface area contributed by atoms with Gasteiger partial charge in [0.2, 0.25) is 0 Å². The van der Waals surface area contributed by atoms with Gasteiger partial charge in [-0.25, -0.2) is 4.98 Å². The van der Waals surface area contributed by atoms with Gasteiger partial charge >= 0.3 is 0 Å². The number of nitrogens with one attached hydrogen (secondary N) is 1. The second-order valence-electron chi connectivity index (χ2n) is 4.97. The van der Waals surface area contributed by atoms with Crippen molar-refractivity contribution in [2.24, 2.45) is 0 Å². The van der Waals surface area contributed by atoms with E-state index in [9.17, 15) is 4.79 Å². The molecule has 0 unspecified atom stereocenters. The maximum absolute atomic E-state index is 12.2. The lowest BCUT2D eigenvalue weighted by Gasteiger charge is -2.27. The third kappa shape index (κ3) is 3.75. The topological polar surface area (TPSA) is 54.5 Å². The van der Waals surface area contributed by atoms with Gasteiger partial charge in [0.25, 0.3) is 5.91 Å². The number of morpholine rings is 1. The SMILES string of the molecule is O=C(Nc1ccc(I)cc1)c1ccc(N2CCOCC2)nc1. The van der Waals surface area contributed by atoms with Gasteiger partial charge in [0, 0.05) is 28.5 Å². The molecule has 6 heteroatoms. The predicted octanol–water partition coefficient (Wildman–Crippen LogP) is 2.78. The van der Waals surface area contributed by atoms with Crippen molar-refractivity contribution >= 4 is 40.0 Å². The Balaban J connectivity index is 1.66. The van der Waals surface area contributed by atoms with E-state index < -0.39 is 0 Å². The van der Waals surface area contributed by atoms with E-state index in [4.69, 9.17) is 4.74 Å². The Morgan fingerprint density at radius 3 is 2.50 bits per heavy atom. The van der Waals surface area contributed by atoms with Crippen LogP contribution in [0.1, 0.15) is 10.4 Å². The first-order chi connectivity index (χ1) is 10.7. The van der Waals surface area contributed by atoms with Crippen LogP contribution in [-0.2, 0) is 4.74 Å². The number of aromatic nitrogens is 1. The largest absolute Gasteiger partial charge is 0.378 e. The van der Waals surface area contributed by atoms with Crippen LogP contribution in [0.15, 0.2) is 42.6 Å². The minimum atomic E-state index is -0.151. The molecule has 0 spiro atoms. The van der Waals surface area contributed by atoms with Crippen LogP contribution < -0.4 is 10.2 Å². The van der Waals surface area contributed by atoms with Crippen molar-refractivity contribution in [3.63, 3.8) is 0 Å². The van der Waals surface area contributed by atoms with Crippen LogP contribution in [0.5, 0.6) is 0 Å². The van der Waals surface area contributed by atoms with Crippen molar-refractivity contribution in [3.05, 3.63) is 51.7 Å². The Bertz CT molecular complexity index is 637. The number of hydrogen-bond acceptors (Lipinski definition) is 4. The highest BCUT2D eigenvalue weighted by molar-refractivity contribution is 14.1. The molecule has 1 fully saturated rings. The second kappa shape index (κ2) is 7.06. The maximum atomic E-state index is 12.2. The second-order valence-corrected chi connectivity index (χ2v) is 6.21. The fourth-order valence-electron chi connectivity index (χ4n) is 2.24. The Hall–Kier alpha value is -1.67. The number of halogens is 1. The molecule has 0 aliphatic carbocycles. The first-order valence-corrected chi connectivity index (χ1v) is 8.16. The fraction of sp³-hybridized carbons (Fsp3) is 0.250. The van der Waals surface area contributed by atoms with E-state index in [2.05, 4.69) is 37.8 Å². The van der Waals surface area contributed by atoms with Gasteiger partial charge in [-0.3, -0.25) is 4.79 Å².